The first-order valence-electron chi connectivity index (χ1n) is 5.66. The SMILES string of the molecule is O=C(O)c1ccc(-c2nncc3ncccc23)cc1. The third-order valence-corrected chi connectivity index (χ3v) is 2.84. The zero-order valence-electron chi connectivity index (χ0n) is 9.82. The maximum atomic E-state index is 10.8. The van der Waals surface area contributed by atoms with Crippen molar-refractivity contribution in [3.05, 3.63) is 54.4 Å². The highest BCUT2D eigenvalue weighted by Gasteiger charge is 2.08. The van der Waals surface area contributed by atoms with Gasteiger partial charge in [-0.05, 0) is 24.3 Å². The summed E-state index contributed by atoms with van der Waals surface area (Å²) in [4.78, 5) is 15.0. The van der Waals surface area contributed by atoms with Crippen LogP contribution in [0.15, 0.2) is 48.8 Å². The van der Waals surface area contributed by atoms with Gasteiger partial charge in [0.15, 0.2) is 0 Å². The van der Waals surface area contributed by atoms with E-state index in [9.17, 15) is 4.79 Å². The molecule has 0 aliphatic rings. The summed E-state index contributed by atoms with van der Waals surface area (Å²) in [7, 11) is 0. The van der Waals surface area contributed by atoms with Crippen LogP contribution in [0.5, 0.6) is 0 Å². The molecule has 0 unspecified atom stereocenters. The Labute approximate surface area is 108 Å². The van der Waals surface area contributed by atoms with Gasteiger partial charge in [0.2, 0.25) is 0 Å². The quantitative estimate of drug-likeness (QED) is 0.756. The summed E-state index contributed by atoms with van der Waals surface area (Å²) in [5.41, 5.74) is 2.52. The molecule has 3 aromatic rings. The van der Waals surface area contributed by atoms with Crippen LogP contribution in [-0.2, 0) is 0 Å². The van der Waals surface area contributed by atoms with Crippen molar-refractivity contribution < 1.29 is 9.90 Å². The first-order chi connectivity index (χ1) is 9.25. The molecule has 0 aliphatic carbocycles. The Bertz CT molecular complexity index is 749. The molecule has 2 aromatic heterocycles. The lowest BCUT2D eigenvalue weighted by molar-refractivity contribution is 0.0697. The van der Waals surface area contributed by atoms with Gasteiger partial charge in [-0.1, -0.05) is 12.1 Å². The second-order valence-corrected chi connectivity index (χ2v) is 4.01. The molecule has 92 valence electrons. The van der Waals surface area contributed by atoms with Crippen molar-refractivity contribution in [2.24, 2.45) is 0 Å². The molecule has 19 heavy (non-hydrogen) atoms. The number of carboxylic acid groups (broad SMARTS) is 1. The molecule has 0 spiro atoms. The van der Waals surface area contributed by atoms with Crippen LogP contribution in [0.4, 0.5) is 0 Å². The van der Waals surface area contributed by atoms with Gasteiger partial charge in [0.1, 0.15) is 5.69 Å². The van der Waals surface area contributed by atoms with Gasteiger partial charge < -0.3 is 5.11 Å². The summed E-state index contributed by atoms with van der Waals surface area (Å²) in [5.74, 6) is -0.947. The number of aromatic nitrogens is 3. The van der Waals surface area contributed by atoms with Crippen molar-refractivity contribution in [1.29, 1.82) is 0 Å². The maximum Gasteiger partial charge on any atom is 0.335 e. The highest BCUT2D eigenvalue weighted by Crippen LogP contribution is 2.24. The Kier molecular flexibility index (Phi) is 2.64. The summed E-state index contributed by atoms with van der Waals surface area (Å²) in [6.45, 7) is 0. The van der Waals surface area contributed by atoms with Gasteiger partial charge in [0, 0.05) is 17.1 Å². The predicted molar refractivity (Wildman–Crippen MR) is 69.7 cm³/mol. The Morgan fingerprint density at radius 3 is 2.63 bits per heavy atom. The zero-order valence-corrected chi connectivity index (χ0v) is 9.82. The van der Waals surface area contributed by atoms with Gasteiger partial charge in [0.25, 0.3) is 0 Å². The molecule has 0 fully saturated rings. The molecule has 0 aliphatic heterocycles. The highest BCUT2D eigenvalue weighted by atomic mass is 16.4. The Morgan fingerprint density at radius 2 is 1.89 bits per heavy atom. The fourth-order valence-electron chi connectivity index (χ4n) is 1.90. The van der Waals surface area contributed by atoms with Crippen LogP contribution in [0.3, 0.4) is 0 Å². The number of pyridine rings is 1. The smallest absolute Gasteiger partial charge is 0.335 e. The third-order valence-electron chi connectivity index (χ3n) is 2.84. The van der Waals surface area contributed by atoms with E-state index in [4.69, 9.17) is 5.11 Å². The van der Waals surface area contributed by atoms with Crippen LogP contribution in [-0.4, -0.2) is 26.3 Å². The van der Waals surface area contributed by atoms with Crippen molar-refractivity contribution >= 4 is 16.9 Å². The summed E-state index contributed by atoms with van der Waals surface area (Å²) < 4.78 is 0. The van der Waals surface area contributed by atoms with Crippen LogP contribution in [0.1, 0.15) is 10.4 Å². The van der Waals surface area contributed by atoms with Gasteiger partial charge in [-0.15, -0.1) is 5.10 Å². The lowest BCUT2D eigenvalue weighted by atomic mass is 10.1. The summed E-state index contributed by atoms with van der Waals surface area (Å²) >= 11 is 0. The first kappa shape index (κ1) is 11.3. The van der Waals surface area contributed by atoms with Gasteiger partial charge in [-0.25, -0.2) is 4.79 Å². The number of aromatic carboxylic acids is 1. The average Bonchev–Trinajstić information content (AvgIpc) is 2.47. The predicted octanol–water partition coefficient (Wildman–Crippen LogP) is 2.39. The van der Waals surface area contributed by atoms with Crippen LogP contribution >= 0.6 is 0 Å². The van der Waals surface area contributed by atoms with Crippen molar-refractivity contribution in [1.82, 2.24) is 15.2 Å². The number of carbonyl (C=O) groups is 1. The number of hydrogen-bond donors (Lipinski definition) is 1. The van der Waals surface area contributed by atoms with E-state index in [2.05, 4.69) is 15.2 Å². The molecule has 2 heterocycles. The number of fused-ring (bicyclic) bond motifs is 1. The molecule has 0 atom stereocenters. The lowest BCUT2D eigenvalue weighted by Gasteiger charge is -2.04. The first-order valence-corrected chi connectivity index (χ1v) is 5.66. The van der Waals surface area contributed by atoms with E-state index in [0.29, 0.717) is 5.69 Å². The second kappa shape index (κ2) is 4.45. The molecule has 0 bridgehead atoms. The average molecular weight is 251 g/mol. The molecule has 5 nitrogen and oxygen atoms in total. The van der Waals surface area contributed by atoms with Crippen molar-refractivity contribution in [3.63, 3.8) is 0 Å². The van der Waals surface area contributed by atoms with Crippen LogP contribution in [0.25, 0.3) is 22.2 Å². The fraction of sp³-hybridized carbons (Fsp3) is 0. The van der Waals surface area contributed by atoms with Crippen molar-refractivity contribution in [3.8, 4) is 11.3 Å². The normalized spacial score (nSPS) is 10.5. The largest absolute Gasteiger partial charge is 0.478 e. The van der Waals surface area contributed by atoms with Crippen molar-refractivity contribution in [2.45, 2.75) is 0 Å². The number of carboxylic acids is 1. The Hall–Kier alpha value is -2.82. The highest BCUT2D eigenvalue weighted by molar-refractivity contribution is 5.93. The molecule has 0 amide bonds. The molecule has 0 radical (unpaired) electrons. The minimum absolute atomic E-state index is 0.245. The summed E-state index contributed by atoms with van der Waals surface area (Å²) in [6, 6.07) is 10.3. The lowest BCUT2D eigenvalue weighted by Crippen LogP contribution is -1.96. The van der Waals surface area contributed by atoms with E-state index in [0.717, 1.165) is 16.5 Å². The van der Waals surface area contributed by atoms with E-state index >= 15 is 0 Å². The van der Waals surface area contributed by atoms with Gasteiger partial charge >= 0.3 is 5.97 Å². The number of benzene rings is 1. The topological polar surface area (TPSA) is 76.0 Å². The molecular formula is C14H9N3O2. The molecule has 3 rings (SSSR count). The molecule has 0 saturated carbocycles. The van der Waals surface area contributed by atoms with Gasteiger partial charge in [0.05, 0.1) is 17.3 Å². The zero-order chi connectivity index (χ0) is 13.2. The van der Waals surface area contributed by atoms with Gasteiger partial charge in [-0.2, -0.15) is 5.10 Å². The Balaban J connectivity index is 2.16. The maximum absolute atomic E-state index is 10.8. The molecule has 0 saturated heterocycles. The minimum Gasteiger partial charge on any atom is -0.478 e. The van der Waals surface area contributed by atoms with E-state index in [1.54, 1.807) is 36.7 Å². The van der Waals surface area contributed by atoms with Crippen LogP contribution in [0, 0.1) is 0 Å². The van der Waals surface area contributed by atoms with Crippen LogP contribution in [0.2, 0.25) is 0 Å². The molecular weight excluding hydrogens is 242 g/mol. The van der Waals surface area contributed by atoms with Crippen molar-refractivity contribution in [2.75, 3.05) is 0 Å². The minimum atomic E-state index is -0.947. The van der Waals surface area contributed by atoms with Crippen LogP contribution < -0.4 is 0 Å². The number of hydrogen-bond acceptors (Lipinski definition) is 4. The van der Waals surface area contributed by atoms with Gasteiger partial charge in [-0.3, -0.25) is 4.98 Å². The fourth-order valence-corrected chi connectivity index (χ4v) is 1.90. The number of rotatable bonds is 2. The number of nitrogens with zero attached hydrogens (tertiary/aromatic N) is 3. The van der Waals surface area contributed by atoms with E-state index < -0.39 is 5.97 Å². The molecule has 5 heteroatoms. The molecule has 1 aromatic carbocycles. The standard InChI is InChI=1S/C14H9N3O2/c18-14(19)10-5-3-9(4-6-10)13-11-2-1-7-15-12(11)8-16-17-13/h1-8H,(H,18,19). The summed E-state index contributed by atoms with van der Waals surface area (Å²) in [6.07, 6.45) is 3.30. The van der Waals surface area contributed by atoms with E-state index in [1.165, 1.54) is 0 Å². The molecule has 1 N–H and O–H groups in total. The monoisotopic (exact) mass is 251 g/mol. The van der Waals surface area contributed by atoms with E-state index in [1.807, 2.05) is 12.1 Å². The third kappa shape index (κ3) is 2.01. The second-order valence-electron chi connectivity index (χ2n) is 4.01. The summed E-state index contributed by atoms with van der Waals surface area (Å²) in [5, 5.41) is 17.8. The van der Waals surface area contributed by atoms with E-state index in [-0.39, 0.29) is 5.56 Å². The Morgan fingerprint density at radius 1 is 1.11 bits per heavy atom.